The molecule has 102 valence electrons. The lowest BCUT2D eigenvalue weighted by atomic mass is 9.92. The van der Waals surface area contributed by atoms with Crippen LogP contribution in [0.4, 0.5) is 0 Å². The minimum absolute atomic E-state index is 0.189. The van der Waals surface area contributed by atoms with E-state index in [1.807, 2.05) is 35.7 Å². The highest BCUT2D eigenvalue weighted by Crippen LogP contribution is 2.39. The summed E-state index contributed by atoms with van der Waals surface area (Å²) in [5.41, 5.74) is 6.79. The van der Waals surface area contributed by atoms with Gasteiger partial charge < -0.3 is 15.6 Å². The summed E-state index contributed by atoms with van der Waals surface area (Å²) in [5, 5.41) is 12.5. The number of hydrogen-bond donors (Lipinski definition) is 2. The largest absolute Gasteiger partial charge is 0.496 e. The molecule has 3 N–H and O–H groups in total. The molecule has 0 aliphatic carbocycles. The molecule has 19 heavy (non-hydrogen) atoms. The minimum Gasteiger partial charge on any atom is -0.496 e. The van der Waals surface area contributed by atoms with E-state index < -0.39 is 6.10 Å². The number of ether oxygens (including phenoxy) is 1. The molecule has 0 radical (unpaired) electrons. The summed E-state index contributed by atoms with van der Waals surface area (Å²) in [4.78, 5) is 0.890. The molecular weight excluding hydrogens is 326 g/mol. The lowest BCUT2D eigenvalue weighted by Gasteiger charge is -2.23. The van der Waals surface area contributed by atoms with E-state index in [9.17, 15) is 5.11 Å². The summed E-state index contributed by atoms with van der Waals surface area (Å²) in [7, 11) is 1.62. The maximum Gasteiger partial charge on any atom is 0.122 e. The maximum atomic E-state index is 10.6. The number of aliphatic hydroxyl groups is 1. The molecule has 2 atom stereocenters. The van der Waals surface area contributed by atoms with E-state index in [-0.39, 0.29) is 5.92 Å². The molecule has 0 spiro atoms. The van der Waals surface area contributed by atoms with Crippen LogP contribution in [0.1, 0.15) is 22.5 Å². The summed E-state index contributed by atoms with van der Waals surface area (Å²) in [6.45, 7) is 0.353. The van der Waals surface area contributed by atoms with E-state index in [4.69, 9.17) is 10.5 Å². The van der Waals surface area contributed by atoms with E-state index in [0.29, 0.717) is 6.54 Å². The molecule has 0 aliphatic heterocycles. The average Bonchev–Trinajstić information content (AvgIpc) is 2.86. The highest BCUT2D eigenvalue weighted by molar-refractivity contribution is 9.10. The van der Waals surface area contributed by atoms with Crippen LogP contribution < -0.4 is 10.5 Å². The number of thiophene rings is 1. The Morgan fingerprint density at radius 1 is 1.37 bits per heavy atom. The fraction of sp³-hybridized carbons (Fsp3) is 0.286. The lowest BCUT2D eigenvalue weighted by Crippen LogP contribution is -2.20. The van der Waals surface area contributed by atoms with Gasteiger partial charge in [0.15, 0.2) is 0 Å². The Morgan fingerprint density at radius 3 is 2.68 bits per heavy atom. The van der Waals surface area contributed by atoms with Gasteiger partial charge in [0.2, 0.25) is 0 Å². The van der Waals surface area contributed by atoms with Crippen molar-refractivity contribution >= 4 is 27.3 Å². The predicted molar refractivity (Wildman–Crippen MR) is 81.8 cm³/mol. The highest BCUT2D eigenvalue weighted by Gasteiger charge is 2.26. The molecule has 3 nitrogen and oxygen atoms in total. The van der Waals surface area contributed by atoms with Crippen molar-refractivity contribution in [3.8, 4) is 5.75 Å². The van der Waals surface area contributed by atoms with Crippen molar-refractivity contribution in [2.75, 3.05) is 13.7 Å². The van der Waals surface area contributed by atoms with Crippen LogP contribution in [0, 0.1) is 0 Å². The first kappa shape index (κ1) is 14.5. The SMILES string of the molecule is COc1ccccc1C(CN)C(O)c1sccc1Br. The molecule has 5 heteroatoms. The van der Waals surface area contributed by atoms with E-state index in [0.717, 1.165) is 20.7 Å². The van der Waals surface area contributed by atoms with Gasteiger partial charge in [0.1, 0.15) is 5.75 Å². The standard InChI is InChI=1S/C14H16BrNO2S/c1-18-12-5-3-2-4-9(12)10(8-16)13(17)14-11(15)6-7-19-14/h2-7,10,13,17H,8,16H2,1H3. The molecule has 0 aliphatic rings. The van der Waals surface area contributed by atoms with Crippen LogP contribution in [0.5, 0.6) is 5.75 Å². The van der Waals surface area contributed by atoms with Crippen LogP contribution in [-0.2, 0) is 0 Å². The van der Waals surface area contributed by atoms with Crippen molar-refractivity contribution in [1.29, 1.82) is 0 Å². The van der Waals surface area contributed by atoms with Crippen LogP contribution in [0.2, 0.25) is 0 Å². The molecule has 0 bridgehead atoms. The molecule has 2 rings (SSSR count). The Labute approximate surface area is 125 Å². The first-order valence-electron chi connectivity index (χ1n) is 5.93. The smallest absolute Gasteiger partial charge is 0.122 e. The summed E-state index contributed by atoms with van der Waals surface area (Å²) < 4.78 is 6.27. The van der Waals surface area contributed by atoms with E-state index in [1.165, 1.54) is 11.3 Å². The maximum absolute atomic E-state index is 10.6. The molecule has 0 saturated carbocycles. The van der Waals surface area contributed by atoms with Gasteiger partial charge in [-0.3, -0.25) is 0 Å². The van der Waals surface area contributed by atoms with Gasteiger partial charge in [-0.25, -0.2) is 0 Å². The molecule has 2 unspecified atom stereocenters. The van der Waals surface area contributed by atoms with Crippen LogP contribution in [0.25, 0.3) is 0 Å². The Kier molecular flexibility index (Phi) is 4.99. The molecule has 1 aromatic carbocycles. The van der Waals surface area contributed by atoms with Gasteiger partial charge in [0.25, 0.3) is 0 Å². The second-order valence-corrected chi connectivity index (χ2v) is 5.96. The molecule has 1 aromatic heterocycles. The number of nitrogens with two attached hydrogens (primary N) is 1. The number of hydrogen-bond acceptors (Lipinski definition) is 4. The van der Waals surface area contributed by atoms with Gasteiger partial charge in [-0.1, -0.05) is 18.2 Å². The first-order chi connectivity index (χ1) is 9.19. The molecule has 1 heterocycles. The Bertz CT molecular complexity index is 544. The van der Waals surface area contributed by atoms with Crippen LogP contribution in [-0.4, -0.2) is 18.8 Å². The fourth-order valence-corrected chi connectivity index (χ4v) is 3.75. The third-order valence-electron chi connectivity index (χ3n) is 3.09. The van der Waals surface area contributed by atoms with Gasteiger partial charge in [-0.05, 0) is 33.4 Å². The average molecular weight is 342 g/mol. The molecule has 0 amide bonds. The Morgan fingerprint density at radius 2 is 2.11 bits per heavy atom. The Hall–Kier alpha value is -0.880. The predicted octanol–water partition coefficient (Wildman–Crippen LogP) is 3.30. The van der Waals surface area contributed by atoms with Crippen molar-refractivity contribution in [1.82, 2.24) is 0 Å². The number of rotatable bonds is 5. The van der Waals surface area contributed by atoms with Crippen molar-refractivity contribution in [2.45, 2.75) is 12.0 Å². The van der Waals surface area contributed by atoms with Gasteiger partial charge in [0, 0.05) is 27.4 Å². The number of halogens is 1. The zero-order valence-corrected chi connectivity index (χ0v) is 12.9. The van der Waals surface area contributed by atoms with Crippen molar-refractivity contribution in [2.24, 2.45) is 5.73 Å². The number of methoxy groups -OCH3 is 1. The van der Waals surface area contributed by atoms with Crippen molar-refractivity contribution in [3.63, 3.8) is 0 Å². The first-order valence-corrected chi connectivity index (χ1v) is 7.60. The van der Waals surface area contributed by atoms with Gasteiger partial charge in [-0.2, -0.15) is 0 Å². The zero-order chi connectivity index (χ0) is 13.8. The normalized spacial score (nSPS) is 14.1. The zero-order valence-electron chi connectivity index (χ0n) is 10.5. The topological polar surface area (TPSA) is 55.5 Å². The number of aliphatic hydroxyl groups excluding tert-OH is 1. The number of benzene rings is 1. The molecule has 0 fully saturated rings. The van der Waals surface area contributed by atoms with Crippen LogP contribution >= 0.6 is 27.3 Å². The van der Waals surface area contributed by atoms with Crippen molar-refractivity contribution in [3.05, 3.63) is 50.6 Å². The molecule has 2 aromatic rings. The third kappa shape index (κ3) is 3.00. The van der Waals surface area contributed by atoms with Crippen LogP contribution in [0.3, 0.4) is 0 Å². The van der Waals surface area contributed by atoms with Gasteiger partial charge in [-0.15, -0.1) is 11.3 Å². The number of para-hydroxylation sites is 1. The third-order valence-corrected chi connectivity index (χ3v) is 5.03. The molecule has 0 saturated heterocycles. The van der Waals surface area contributed by atoms with Crippen molar-refractivity contribution < 1.29 is 9.84 Å². The van der Waals surface area contributed by atoms with E-state index in [1.54, 1.807) is 7.11 Å². The lowest BCUT2D eigenvalue weighted by molar-refractivity contribution is 0.149. The van der Waals surface area contributed by atoms with E-state index in [2.05, 4.69) is 15.9 Å². The van der Waals surface area contributed by atoms with Gasteiger partial charge in [0.05, 0.1) is 13.2 Å². The quantitative estimate of drug-likeness (QED) is 0.877. The highest BCUT2D eigenvalue weighted by atomic mass is 79.9. The Balaban J connectivity index is 2.37. The van der Waals surface area contributed by atoms with E-state index >= 15 is 0 Å². The summed E-state index contributed by atoms with van der Waals surface area (Å²) in [6.07, 6.45) is -0.643. The summed E-state index contributed by atoms with van der Waals surface area (Å²) in [5.74, 6) is 0.566. The summed E-state index contributed by atoms with van der Waals surface area (Å²) in [6, 6.07) is 9.59. The monoisotopic (exact) mass is 341 g/mol. The van der Waals surface area contributed by atoms with Crippen LogP contribution in [0.15, 0.2) is 40.2 Å². The fourth-order valence-electron chi connectivity index (χ4n) is 2.10. The summed E-state index contributed by atoms with van der Waals surface area (Å²) >= 11 is 4.97. The second kappa shape index (κ2) is 6.52. The van der Waals surface area contributed by atoms with Gasteiger partial charge >= 0.3 is 0 Å². The second-order valence-electron chi connectivity index (χ2n) is 4.16. The minimum atomic E-state index is -0.643. The molecular formula is C14H16BrNO2S.